The number of nitrogens with two attached hydrogens (primary N) is 1. The van der Waals surface area contributed by atoms with Crippen LogP contribution in [0.5, 0.6) is 0 Å². The van der Waals surface area contributed by atoms with Crippen LogP contribution in [0.25, 0.3) is 0 Å². The fourth-order valence-corrected chi connectivity index (χ4v) is 3.00. The minimum absolute atomic E-state index is 0.0330. The van der Waals surface area contributed by atoms with E-state index in [1.807, 2.05) is 0 Å². The lowest BCUT2D eigenvalue weighted by atomic mass is 9.99. The fourth-order valence-electron chi connectivity index (χ4n) is 2.02. The van der Waals surface area contributed by atoms with Crippen molar-refractivity contribution in [2.24, 2.45) is 0 Å². The summed E-state index contributed by atoms with van der Waals surface area (Å²) in [6.45, 7) is 0.0555. The van der Waals surface area contributed by atoms with Crippen molar-refractivity contribution in [2.45, 2.75) is 19.1 Å². The van der Waals surface area contributed by atoms with Crippen LogP contribution in [0.4, 0.5) is 18.9 Å². The number of alkyl halides is 3. The van der Waals surface area contributed by atoms with Crippen LogP contribution in [0.3, 0.4) is 0 Å². The zero-order valence-electron chi connectivity index (χ0n) is 9.22. The van der Waals surface area contributed by atoms with Gasteiger partial charge in [-0.3, -0.25) is 4.79 Å². The van der Waals surface area contributed by atoms with Crippen molar-refractivity contribution in [3.8, 4) is 0 Å². The highest BCUT2D eigenvalue weighted by atomic mass is 127. The molecule has 0 saturated heterocycles. The molecule has 0 bridgehead atoms. The van der Waals surface area contributed by atoms with Gasteiger partial charge in [0.15, 0.2) is 0 Å². The highest BCUT2D eigenvalue weighted by Crippen LogP contribution is 2.29. The molecule has 0 aromatic heterocycles. The summed E-state index contributed by atoms with van der Waals surface area (Å²) in [7, 11) is 0. The maximum absolute atomic E-state index is 12.4. The Balaban J connectivity index is 2.28. The molecule has 2 rings (SSSR count). The molecule has 0 atom stereocenters. The summed E-state index contributed by atoms with van der Waals surface area (Å²) < 4.78 is 38.0. The molecule has 1 aliphatic rings. The average Bonchev–Trinajstić information content (AvgIpc) is 2.25. The van der Waals surface area contributed by atoms with Crippen molar-refractivity contribution in [1.29, 1.82) is 0 Å². The molecule has 1 heterocycles. The summed E-state index contributed by atoms with van der Waals surface area (Å²) in [5.74, 6) is -1.79. The third-order valence-electron chi connectivity index (χ3n) is 2.83. The Morgan fingerprint density at radius 1 is 1.39 bits per heavy atom. The number of amides is 1. The molecular weight excluding hydrogens is 360 g/mol. The number of halogens is 4. The Hall–Kier alpha value is -0.990. The van der Waals surface area contributed by atoms with Crippen LogP contribution in [0.1, 0.15) is 11.1 Å². The summed E-state index contributed by atoms with van der Waals surface area (Å²) >= 11 is 2.10. The predicted molar refractivity (Wildman–Crippen MR) is 68.7 cm³/mol. The van der Waals surface area contributed by atoms with Crippen LogP contribution in [0.15, 0.2) is 12.1 Å². The van der Waals surface area contributed by atoms with Gasteiger partial charge >= 0.3 is 12.1 Å². The second-order valence-electron chi connectivity index (χ2n) is 4.11. The molecule has 0 unspecified atom stereocenters. The van der Waals surface area contributed by atoms with Crippen molar-refractivity contribution >= 4 is 34.2 Å². The highest BCUT2D eigenvalue weighted by molar-refractivity contribution is 14.1. The maximum atomic E-state index is 12.4. The van der Waals surface area contributed by atoms with Gasteiger partial charge in [-0.05, 0) is 52.3 Å². The second-order valence-corrected chi connectivity index (χ2v) is 5.28. The van der Waals surface area contributed by atoms with E-state index in [9.17, 15) is 18.0 Å². The number of nitrogens with zero attached hydrogens (tertiary/aromatic N) is 1. The van der Waals surface area contributed by atoms with Crippen LogP contribution >= 0.6 is 22.6 Å². The predicted octanol–water partition coefficient (Wildman–Crippen LogP) is 2.32. The van der Waals surface area contributed by atoms with E-state index >= 15 is 0 Å². The highest BCUT2D eigenvalue weighted by Gasteiger charge is 2.43. The Morgan fingerprint density at radius 3 is 2.67 bits per heavy atom. The number of carbonyl (C=O) groups is 1. The van der Waals surface area contributed by atoms with Crippen LogP contribution in [0.2, 0.25) is 0 Å². The second kappa shape index (κ2) is 4.60. The van der Waals surface area contributed by atoms with Crippen LogP contribution in [0, 0.1) is 3.57 Å². The third kappa shape index (κ3) is 2.55. The largest absolute Gasteiger partial charge is 0.471 e. The van der Waals surface area contributed by atoms with Gasteiger partial charge in [-0.1, -0.05) is 0 Å². The van der Waals surface area contributed by atoms with Crippen molar-refractivity contribution in [3.63, 3.8) is 0 Å². The number of benzene rings is 1. The number of hydrogen-bond donors (Lipinski definition) is 1. The van der Waals surface area contributed by atoms with Crippen molar-refractivity contribution in [2.75, 3.05) is 12.3 Å². The molecule has 2 N–H and O–H groups in total. The van der Waals surface area contributed by atoms with E-state index in [0.29, 0.717) is 17.7 Å². The van der Waals surface area contributed by atoms with Gasteiger partial charge in [-0.15, -0.1) is 0 Å². The molecule has 0 fully saturated rings. The lowest BCUT2D eigenvalue weighted by Crippen LogP contribution is -2.43. The van der Waals surface area contributed by atoms with E-state index in [-0.39, 0.29) is 13.1 Å². The summed E-state index contributed by atoms with van der Waals surface area (Å²) in [4.78, 5) is 12.0. The lowest BCUT2D eigenvalue weighted by Gasteiger charge is -2.30. The first-order valence-corrected chi connectivity index (χ1v) is 6.30. The van der Waals surface area contributed by atoms with Gasteiger partial charge in [0.05, 0.1) is 0 Å². The molecular formula is C11H10F3IN2O. The van der Waals surface area contributed by atoms with Crippen molar-refractivity contribution in [3.05, 3.63) is 26.8 Å². The molecule has 3 nitrogen and oxygen atoms in total. The summed E-state index contributed by atoms with van der Waals surface area (Å²) in [5, 5.41) is 0. The van der Waals surface area contributed by atoms with E-state index in [4.69, 9.17) is 5.73 Å². The Labute approximate surface area is 115 Å². The third-order valence-corrected chi connectivity index (χ3v) is 3.80. The van der Waals surface area contributed by atoms with E-state index in [1.165, 1.54) is 0 Å². The number of rotatable bonds is 0. The van der Waals surface area contributed by atoms with Gasteiger partial charge in [-0.2, -0.15) is 13.2 Å². The minimum Gasteiger partial charge on any atom is -0.399 e. The monoisotopic (exact) mass is 370 g/mol. The first-order valence-electron chi connectivity index (χ1n) is 5.22. The van der Waals surface area contributed by atoms with Crippen LogP contribution in [-0.2, 0) is 17.8 Å². The number of fused-ring (bicyclic) bond motifs is 1. The van der Waals surface area contributed by atoms with Gasteiger partial charge in [-0.25, -0.2) is 0 Å². The molecule has 98 valence electrons. The number of anilines is 1. The first kappa shape index (κ1) is 13.4. The first-order chi connectivity index (χ1) is 8.29. The number of nitrogen functional groups attached to an aromatic ring is 1. The summed E-state index contributed by atoms with van der Waals surface area (Å²) in [6, 6.07) is 3.41. The standard InChI is InChI=1S/C11H10F3IN2O/c12-11(13,14)10(18)17-2-1-8-6(5-17)3-7(16)4-9(8)15/h3-4H,1-2,5,16H2. The molecule has 7 heteroatoms. The molecule has 18 heavy (non-hydrogen) atoms. The van der Waals surface area contributed by atoms with Gasteiger partial charge < -0.3 is 10.6 Å². The van der Waals surface area contributed by atoms with Gasteiger partial charge in [0, 0.05) is 22.3 Å². The van der Waals surface area contributed by atoms with E-state index < -0.39 is 12.1 Å². The van der Waals surface area contributed by atoms with Crippen LogP contribution < -0.4 is 5.73 Å². The van der Waals surface area contributed by atoms with Crippen molar-refractivity contribution in [1.82, 2.24) is 4.90 Å². The Morgan fingerprint density at radius 2 is 2.06 bits per heavy atom. The minimum atomic E-state index is -4.81. The van der Waals surface area contributed by atoms with Crippen LogP contribution in [-0.4, -0.2) is 23.5 Å². The zero-order valence-corrected chi connectivity index (χ0v) is 11.4. The topological polar surface area (TPSA) is 46.3 Å². The Bertz CT molecular complexity index is 502. The maximum Gasteiger partial charge on any atom is 0.471 e. The van der Waals surface area contributed by atoms with E-state index in [2.05, 4.69) is 22.6 Å². The molecule has 0 radical (unpaired) electrons. The van der Waals surface area contributed by atoms with Gasteiger partial charge in [0.2, 0.25) is 0 Å². The SMILES string of the molecule is Nc1cc(I)c2c(c1)CN(C(=O)C(F)(F)F)CC2. The normalized spacial score (nSPS) is 15.4. The summed E-state index contributed by atoms with van der Waals surface area (Å²) in [6.07, 6.45) is -4.39. The molecule has 0 aliphatic carbocycles. The van der Waals surface area contributed by atoms with E-state index in [0.717, 1.165) is 14.0 Å². The average molecular weight is 370 g/mol. The van der Waals surface area contributed by atoms with Gasteiger partial charge in [0.1, 0.15) is 0 Å². The fraction of sp³-hybridized carbons (Fsp3) is 0.364. The summed E-state index contributed by atoms with van der Waals surface area (Å²) in [5.41, 5.74) is 7.84. The zero-order chi connectivity index (χ0) is 13.5. The smallest absolute Gasteiger partial charge is 0.399 e. The molecule has 1 amide bonds. The number of carbonyl (C=O) groups excluding carboxylic acids is 1. The Kier molecular flexibility index (Phi) is 3.43. The van der Waals surface area contributed by atoms with Gasteiger partial charge in [0.25, 0.3) is 0 Å². The number of hydrogen-bond acceptors (Lipinski definition) is 2. The molecule has 0 saturated carbocycles. The quantitative estimate of drug-likeness (QED) is 0.563. The van der Waals surface area contributed by atoms with E-state index in [1.54, 1.807) is 12.1 Å². The lowest BCUT2D eigenvalue weighted by molar-refractivity contribution is -0.186. The molecule has 1 aromatic rings. The molecule has 1 aromatic carbocycles. The molecule has 1 aliphatic heterocycles. The molecule has 0 spiro atoms. The van der Waals surface area contributed by atoms with Crippen molar-refractivity contribution < 1.29 is 18.0 Å².